The number of H-pyrrole nitrogens is 4. The lowest BCUT2D eigenvalue weighted by atomic mass is 9.78. The van der Waals surface area contributed by atoms with Gasteiger partial charge in [0.15, 0.2) is 0 Å². The number of benzene rings is 6. The third-order valence-corrected chi connectivity index (χ3v) is 30.6. The van der Waals surface area contributed by atoms with E-state index in [0.29, 0.717) is 0 Å². The minimum Gasteiger partial charge on any atom is -0.354 e. The second-order valence-corrected chi connectivity index (χ2v) is 53.7. The summed E-state index contributed by atoms with van der Waals surface area (Å²) in [5.41, 5.74) is 47.4. The molecule has 0 atom stereocenters. The molecule has 0 saturated heterocycles. The van der Waals surface area contributed by atoms with E-state index in [-0.39, 0.29) is 65.0 Å². The van der Waals surface area contributed by atoms with Gasteiger partial charge in [0.1, 0.15) is 0 Å². The molecule has 8 nitrogen and oxygen atoms in total. The van der Waals surface area contributed by atoms with Crippen molar-refractivity contribution in [3.63, 3.8) is 0 Å². The van der Waals surface area contributed by atoms with Gasteiger partial charge in [-0.05, 0) is 250 Å². The lowest BCUT2D eigenvalue weighted by molar-refractivity contribution is 0.568. The Morgan fingerprint density at radius 3 is 0.628 bits per heavy atom. The summed E-state index contributed by atoms with van der Waals surface area (Å²) in [6.07, 6.45) is 16.2. The first kappa shape index (κ1) is 94.2. The van der Waals surface area contributed by atoms with Crippen molar-refractivity contribution in [2.75, 3.05) is 0 Å². The first-order valence-corrected chi connectivity index (χ1v) is 50.8. The van der Waals surface area contributed by atoms with Gasteiger partial charge in [0, 0.05) is 115 Å². The Labute approximate surface area is 820 Å². The molecule has 6 aromatic carbocycles. The summed E-state index contributed by atoms with van der Waals surface area (Å²) in [5, 5.41) is 0. The van der Waals surface area contributed by atoms with Crippen LogP contribution in [0.2, 0.25) is 0 Å². The molecule has 0 spiro atoms. The van der Waals surface area contributed by atoms with Gasteiger partial charge in [-0.1, -0.05) is 358 Å². The van der Waals surface area contributed by atoms with Crippen LogP contribution in [0.1, 0.15) is 366 Å². The molecule has 0 unspecified atom stereocenters. The Morgan fingerprint density at radius 2 is 0.394 bits per heavy atom. The standard InChI is InChI=1S/C128H144N8S/c1-117(2,3)75-49-69(50-76(61-75)118(4,5)6)103-89-37-39-91(129-89)105(71-53-79(121(13,14)15)63-80(54-71)122(16,17)18)95-45-47-99(133-95)109-111-112-110-100-48-46-96(134-100)106(72-55-81(123(19,20)21)64-82(56-72)124(22,23)24)92-40-38-90(130-92)104(70-51-77(119(7,8)9)62-78(52-70)120(10,11)12)94-42-44-98(132-94)108(74-59-85(127(31,32)33)66-86(60-74)128(34,35)36)102-68-88(114(110)136-102)116(112)137-115(111)87-67-101(135-113(87)109)107(97-43-41-93(103)131-97)73-57-83(125(25,26)27)65-84(58-73)126(28,29)30/h37-68,129,132,134-135H,1-36H3. The molecule has 6 aliphatic rings. The maximum absolute atomic E-state index is 6.33. The molecule has 0 amide bonds. The predicted octanol–water partition coefficient (Wildman–Crippen LogP) is 36.3. The minimum atomic E-state index is -0.195. The van der Waals surface area contributed by atoms with Crippen LogP contribution in [0.25, 0.3) is 192 Å². The Morgan fingerprint density at radius 1 is 0.190 bits per heavy atom. The van der Waals surface area contributed by atoms with Crippen LogP contribution in [0.15, 0.2) is 152 Å². The van der Waals surface area contributed by atoms with Crippen LogP contribution in [0, 0.1) is 0 Å². The topological polar surface area (TPSA) is 115 Å². The molecule has 137 heavy (non-hydrogen) atoms. The molecule has 4 N–H and O–H groups in total. The third-order valence-electron chi connectivity index (χ3n) is 29.3. The normalized spacial score (nSPS) is 14.2. The van der Waals surface area contributed by atoms with E-state index in [1.165, 1.54) is 76.5 Å². The van der Waals surface area contributed by atoms with E-state index in [1.807, 2.05) is 11.3 Å². The van der Waals surface area contributed by atoms with Crippen molar-refractivity contribution in [2.24, 2.45) is 0 Å². The summed E-state index contributed by atoms with van der Waals surface area (Å²) in [7, 11) is 0. The first-order chi connectivity index (χ1) is 63.4. The van der Waals surface area contributed by atoms with Crippen molar-refractivity contribution >= 4 is 104 Å². The van der Waals surface area contributed by atoms with Crippen molar-refractivity contribution in [2.45, 2.75) is 314 Å². The molecular formula is C128H144N8S. The van der Waals surface area contributed by atoms with Gasteiger partial charge in [0.05, 0.1) is 51.1 Å². The number of nitrogens with zero attached hydrogens (tertiary/aromatic N) is 4. The van der Waals surface area contributed by atoms with Crippen molar-refractivity contribution in [1.82, 2.24) is 39.9 Å². The van der Waals surface area contributed by atoms with Crippen molar-refractivity contribution in [3.05, 3.63) is 269 Å². The van der Waals surface area contributed by atoms with Gasteiger partial charge in [-0.15, -0.1) is 11.3 Å². The van der Waals surface area contributed by atoms with E-state index in [4.69, 9.17) is 19.9 Å². The fourth-order valence-electron chi connectivity index (χ4n) is 20.4. The number of fused-ring (bicyclic) bond motifs is 23. The molecule has 0 fully saturated rings. The molecule has 13 aromatic rings. The lowest BCUT2D eigenvalue weighted by Gasteiger charge is -2.26. The van der Waals surface area contributed by atoms with Crippen LogP contribution in [0.3, 0.4) is 0 Å². The Bertz CT molecular complexity index is 7630. The van der Waals surface area contributed by atoms with Gasteiger partial charge in [0.25, 0.3) is 0 Å². The van der Waals surface area contributed by atoms with Gasteiger partial charge in [-0.3, -0.25) is 0 Å². The van der Waals surface area contributed by atoms with E-state index in [9.17, 15) is 0 Å². The fraction of sp³-hybridized carbons (Fsp3) is 0.375. The summed E-state index contributed by atoms with van der Waals surface area (Å²) in [6, 6.07) is 60.4. The number of hydrogen-bond donors (Lipinski definition) is 4. The van der Waals surface area contributed by atoms with Crippen LogP contribution in [0.5, 0.6) is 0 Å². The highest BCUT2D eigenvalue weighted by Gasteiger charge is 2.43. The molecule has 4 aliphatic heterocycles. The lowest BCUT2D eigenvalue weighted by Crippen LogP contribution is -2.16. The molecule has 0 radical (unpaired) electrons. The van der Waals surface area contributed by atoms with Crippen LogP contribution < -0.4 is 0 Å². The zero-order chi connectivity index (χ0) is 98.7. The highest BCUT2D eigenvalue weighted by Crippen LogP contribution is 2.64. The van der Waals surface area contributed by atoms with Crippen molar-refractivity contribution in [3.8, 4) is 99.5 Å². The first-order valence-electron chi connectivity index (χ1n) is 50.0. The SMILES string of the molecule is CC(C)(C)c1cc(-c2c3nc(c(-c4cc(C(C)(C)C)cc(C(C)(C)C)c4)c4ccc([nH]4)c4c5nc(c(-c6cc(C(C)(C)C)cc(C(C)(C)C)c6)c6ccc2[nH]6)C=C5c2sc5c(c2-4)-c2c4nc(c(-c6cc(C(C)(C)C)cc(C(C)(C)C)c6)c6ccc([nH]6)c(-c6cc(C(C)(C)C)cc(C(C)(C)C)c6)c6nc(c(-c7cc(C(C)(C)C)cc(C(C)(C)C)c7)c7cc-5c2[nH]7)C=C6)C=C4)C=C3)cc(C(C)(C)C)c1. The van der Waals surface area contributed by atoms with E-state index in [2.05, 4.69) is 463 Å². The Hall–Kier alpha value is -11.8. The minimum absolute atomic E-state index is 0.164. The van der Waals surface area contributed by atoms with Crippen LogP contribution in [-0.4, -0.2) is 39.9 Å². The van der Waals surface area contributed by atoms with E-state index >= 15 is 0 Å². The monoisotopic (exact) mass is 1830 g/mol. The average Bonchev–Trinajstić information content (AvgIpc) is 1.51. The van der Waals surface area contributed by atoms with Gasteiger partial charge < -0.3 is 19.9 Å². The molecule has 11 heterocycles. The molecule has 16 bridgehead atoms. The van der Waals surface area contributed by atoms with E-state index in [1.54, 1.807) is 0 Å². The molecular weight excluding hydrogens is 1680 g/mol. The van der Waals surface area contributed by atoms with Gasteiger partial charge >= 0.3 is 0 Å². The number of aromatic amines is 4. The number of rotatable bonds is 6. The summed E-state index contributed by atoms with van der Waals surface area (Å²) in [6.45, 7) is 84.4. The molecule has 2 aliphatic carbocycles. The second-order valence-electron chi connectivity index (χ2n) is 52.7. The van der Waals surface area contributed by atoms with Crippen LogP contribution >= 0.6 is 11.3 Å². The van der Waals surface area contributed by atoms with Gasteiger partial charge in [0.2, 0.25) is 0 Å². The maximum Gasteiger partial charge on any atom is 0.0824 e. The largest absolute Gasteiger partial charge is 0.354 e. The molecule has 0 saturated carbocycles. The Kier molecular flexibility index (Phi) is 21.6. The van der Waals surface area contributed by atoms with Gasteiger partial charge in [-0.25, -0.2) is 19.9 Å². The molecule has 19 rings (SSSR count). The van der Waals surface area contributed by atoms with Gasteiger partial charge in [-0.2, -0.15) is 0 Å². The number of thiophene rings is 1. The molecule has 7 aromatic heterocycles. The fourth-order valence-corrected chi connectivity index (χ4v) is 21.7. The van der Waals surface area contributed by atoms with Crippen LogP contribution in [0.4, 0.5) is 0 Å². The van der Waals surface area contributed by atoms with Crippen LogP contribution in [-0.2, 0) is 65.0 Å². The zero-order valence-corrected chi connectivity index (χ0v) is 89.5. The van der Waals surface area contributed by atoms with Crippen molar-refractivity contribution < 1.29 is 0 Å². The number of hydrogen-bond acceptors (Lipinski definition) is 5. The van der Waals surface area contributed by atoms with E-state index in [0.717, 1.165) is 190 Å². The maximum atomic E-state index is 6.33. The summed E-state index contributed by atoms with van der Waals surface area (Å²) in [4.78, 5) is 44.4. The molecule has 9 heteroatoms. The summed E-state index contributed by atoms with van der Waals surface area (Å²) < 4.78 is 0. The predicted molar refractivity (Wildman–Crippen MR) is 594 cm³/mol. The zero-order valence-electron chi connectivity index (χ0n) is 88.7. The summed E-state index contributed by atoms with van der Waals surface area (Å²) in [5.74, 6) is 0. The molecule has 702 valence electrons. The summed E-state index contributed by atoms with van der Waals surface area (Å²) >= 11 is 1.89. The average molecular weight is 1830 g/mol. The third kappa shape index (κ3) is 17.0. The second kappa shape index (κ2) is 31.4. The smallest absolute Gasteiger partial charge is 0.0824 e. The quantitative estimate of drug-likeness (QED) is 0.133. The Balaban J connectivity index is 1.00. The highest BCUT2D eigenvalue weighted by molar-refractivity contribution is 7.18. The van der Waals surface area contributed by atoms with E-state index < -0.39 is 0 Å². The number of nitrogens with one attached hydrogen (secondary N) is 4. The van der Waals surface area contributed by atoms with Crippen molar-refractivity contribution in [1.29, 1.82) is 0 Å². The number of aromatic nitrogens is 8. The highest BCUT2D eigenvalue weighted by atomic mass is 32.1.